The molecule has 1 saturated heterocycles. The summed E-state index contributed by atoms with van der Waals surface area (Å²) in [6.45, 7) is 9.54. The number of hydrogen-bond donors (Lipinski definition) is 1. The van der Waals surface area contributed by atoms with Crippen LogP contribution in [0.5, 0.6) is 0 Å². The lowest BCUT2D eigenvalue weighted by atomic mass is 10.2. The molecule has 1 amide bonds. The van der Waals surface area contributed by atoms with Crippen LogP contribution in [0.3, 0.4) is 0 Å². The maximum Gasteiger partial charge on any atom is 0.293 e. The van der Waals surface area contributed by atoms with Crippen molar-refractivity contribution >= 4 is 12.4 Å². The molecule has 0 aromatic carbocycles. The number of methoxy groups -OCH3 is 1. The van der Waals surface area contributed by atoms with E-state index in [4.69, 9.17) is 4.74 Å². The second-order valence-electron chi connectivity index (χ2n) is 4.89. The van der Waals surface area contributed by atoms with Gasteiger partial charge in [0.2, 0.25) is 5.91 Å². The van der Waals surface area contributed by atoms with Crippen molar-refractivity contribution < 1.29 is 19.1 Å². The molecule has 0 radical (unpaired) electrons. The summed E-state index contributed by atoms with van der Waals surface area (Å²) in [5.41, 5.74) is -0.318. The van der Waals surface area contributed by atoms with E-state index in [1.165, 1.54) is 0 Å². The number of rotatable bonds is 3. The second-order valence-corrected chi connectivity index (χ2v) is 4.89. The normalized spacial score (nSPS) is 15.4. The Morgan fingerprint density at radius 1 is 1.33 bits per heavy atom. The molecule has 1 N–H and O–H groups in total. The zero-order valence-corrected chi connectivity index (χ0v) is 11.7. The number of amides is 1. The van der Waals surface area contributed by atoms with E-state index in [2.05, 4.69) is 10.1 Å². The van der Waals surface area contributed by atoms with Crippen LogP contribution in [-0.2, 0) is 19.1 Å². The van der Waals surface area contributed by atoms with Gasteiger partial charge in [-0.3, -0.25) is 9.59 Å². The van der Waals surface area contributed by atoms with Crippen molar-refractivity contribution in [3.8, 4) is 0 Å². The van der Waals surface area contributed by atoms with Gasteiger partial charge >= 0.3 is 0 Å². The average molecular weight is 260 g/mol. The monoisotopic (exact) mass is 260 g/mol. The second kappa shape index (κ2) is 8.88. The third kappa shape index (κ3) is 8.95. The van der Waals surface area contributed by atoms with E-state index in [9.17, 15) is 9.59 Å². The van der Waals surface area contributed by atoms with Crippen LogP contribution in [-0.4, -0.2) is 62.8 Å². The minimum atomic E-state index is -0.318. The van der Waals surface area contributed by atoms with Gasteiger partial charge in [-0.25, -0.2) is 0 Å². The van der Waals surface area contributed by atoms with Crippen molar-refractivity contribution in [2.45, 2.75) is 26.4 Å². The minimum absolute atomic E-state index is 0.0917. The van der Waals surface area contributed by atoms with E-state index < -0.39 is 0 Å². The van der Waals surface area contributed by atoms with Gasteiger partial charge in [-0.1, -0.05) is 0 Å². The quantitative estimate of drug-likeness (QED) is 0.725. The van der Waals surface area contributed by atoms with Gasteiger partial charge in [0, 0.05) is 33.3 Å². The van der Waals surface area contributed by atoms with Crippen LogP contribution in [0.1, 0.15) is 20.8 Å². The van der Waals surface area contributed by atoms with E-state index in [0.29, 0.717) is 6.47 Å². The van der Waals surface area contributed by atoms with Crippen LogP contribution in [0.4, 0.5) is 0 Å². The van der Waals surface area contributed by atoms with E-state index in [-0.39, 0.29) is 18.1 Å². The first-order chi connectivity index (χ1) is 8.40. The molecule has 1 rings (SSSR count). The lowest BCUT2D eigenvalue weighted by Gasteiger charge is -2.26. The Morgan fingerprint density at radius 2 is 1.89 bits per heavy atom. The van der Waals surface area contributed by atoms with Gasteiger partial charge in [0.15, 0.2) is 0 Å². The molecule has 0 aliphatic carbocycles. The van der Waals surface area contributed by atoms with E-state index in [1.54, 1.807) is 7.11 Å². The Bertz CT molecular complexity index is 245. The summed E-state index contributed by atoms with van der Waals surface area (Å²) in [5.74, 6) is 0.0917. The Morgan fingerprint density at radius 3 is 2.22 bits per heavy atom. The number of piperazine rings is 1. The van der Waals surface area contributed by atoms with Gasteiger partial charge < -0.3 is 19.7 Å². The van der Waals surface area contributed by atoms with Crippen molar-refractivity contribution in [1.82, 2.24) is 10.2 Å². The summed E-state index contributed by atoms with van der Waals surface area (Å²) in [6.07, 6.45) is 0. The zero-order chi connectivity index (χ0) is 14.0. The molecule has 106 valence electrons. The van der Waals surface area contributed by atoms with Crippen LogP contribution in [0.25, 0.3) is 0 Å². The van der Waals surface area contributed by atoms with E-state index >= 15 is 0 Å². The molecule has 6 heteroatoms. The standard InChI is InChI=1S/C7H14N2O2.C5H10O2/c1-11-6-7(10)9-4-2-8-3-5-9;1-5(2,3)7-4-6/h8H,2-6H2,1H3;4H,1-3H3. The molecule has 0 aromatic heterocycles. The highest BCUT2D eigenvalue weighted by atomic mass is 16.5. The fraction of sp³-hybridized carbons (Fsp3) is 0.833. The molecule has 0 unspecified atom stereocenters. The lowest BCUT2D eigenvalue weighted by molar-refractivity contribution is -0.138. The summed E-state index contributed by atoms with van der Waals surface area (Å²) in [6, 6.07) is 0. The summed E-state index contributed by atoms with van der Waals surface area (Å²) < 4.78 is 9.29. The highest BCUT2D eigenvalue weighted by Crippen LogP contribution is 2.02. The number of ether oxygens (including phenoxy) is 2. The molecule has 1 heterocycles. The predicted octanol–water partition coefficient (Wildman–Crippen LogP) is 0.0225. The molecule has 0 spiro atoms. The summed E-state index contributed by atoms with van der Waals surface area (Å²) in [4.78, 5) is 22.6. The highest BCUT2D eigenvalue weighted by Gasteiger charge is 2.14. The fourth-order valence-electron chi connectivity index (χ4n) is 1.27. The predicted molar refractivity (Wildman–Crippen MR) is 68.2 cm³/mol. The fourth-order valence-corrected chi connectivity index (χ4v) is 1.27. The summed E-state index contributed by atoms with van der Waals surface area (Å²) in [5, 5.41) is 3.18. The molecule has 18 heavy (non-hydrogen) atoms. The van der Waals surface area contributed by atoms with Crippen molar-refractivity contribution in [3.63, 3.8) is 0 Å². The number of carbonyl (C=O) groups excluding carboxylic acids is 2. The summed E-state index contributed by atoms with van der Waals surface area (Å²) >= 11 is 0. The zero-order valence-electron chi connectivity index (χ0n) is 11.7. The minimum Gasteiger partial charge on any atom is -0.462 e. The molecule has 0 atom stereocenters. The number of carbonyl (C=O) groups is 2. The Balaban J connectivity index is 0.000000360. The lowest BCUT2D eigenvalue weighted by Crippen LogP contribution is -2.47. The Kier molecular flexibility index (Phi) is 8.32. The summed E-state index contributed by atoms with van der Waals surface area (Å²) in [7, 11) is 1.54. The molecule has 0 bridgehead atoms. The SMILES string of the molecule is CC(C)(C)OC=O.COCC(=O)N1CCNCC1. The van der Waals surface area contributed by atoms with Crippen LogP contribution in [0.15, 0.2) is 0 Å². The Labute approximate surface area is 109 Å². The van der Waals surface area contributed by atoms with Gasteiger partial charge in [0.05, 0.1) is 0 Å². The van der Waals surface area contributed by atoms with Gasteiger partial charge in [0.1, 0.15) is 12.2 Å². The van der Waals surface area contributed by atoms with Gasteiger partial charge in [0.25, 0.3) is 6.47 Å². The van der Waals surface area contributed by atoms with Crippen LogP contribution in [0, 0.1) is 0 Å². The maximum atomic E-state index is 11.2. The maximum absolute atomic E-state index is 11.2. The first kappa shape index (κ1) is 16.9. The molecule has 0 saturated carbocycles. The third-order valence-corrected chi connectivity index (χ3v) is 2.14. The smallest absolute Gasteiger partial charge is 0.293 e. The average Bonchev–Trinajstić information content (AvgIpc) is 2.30. The van der Waals surface area contributed by atoms with E-state index in [1.807, 2.05) is 25.7 Å². The van der Waals surface area contributed by atoms with Crippen molar-refractivity contribution in [2.75, 3.05) is 39.9 Å². The topological polar surface area (TPSA) is 67.9 Å². The molecule has 1 aliphatic rings. The molecule has 6 nitrogen and oxygen atoms in total. The molecule has 0 aromatic rings. The van der Waals surface area contributed by atoms with Gasteiger partial charge in [-0.2, -0.15) is 0 Å². The third-order valence-electron chi connectivity index (χ3n) is 2.14. The van der Waals surface area contributed by atoms with E-state index in [0.717, 1.165) is 26.2 Å². The number of hydrogen-bond acceptors (Lipinski definition) is 5. The molecule has 1 aliphatic heterocycles. The first-order valence-corrected chi connectivity index (χ1v) is 5.99. The van der Waals surface area contributed by atoms with Crippen molar-refractivity contribution in [2.24, 2.45) is 0 Å². The Hall–Kier alpha value is -1.14. The largest absolute Gasteiger partial charge is 0.462 e. The highest BCUT2D eigenvalue weighted by molar-refractivity contribution is 5.77. The molecular formula is C12H24N2O4. The van der Waals surface area contributed by atoms with Crippen molar-refractivity contribution in [1.29, 1.82) is 0 Å². The van der Waals surface area contributed by atoms with Gasteiger partial charge in [-0.05, 0) is 20.8 Å². The number of nitrogens with one attached hydrogen (secondary N) is 1. The van der Waals surface area contributed by atoms with Crippen LogP contribution < -0.4 is 5.32 Å². The van der Waals surface area contributed by atoms with Crippen LogP contribution >= 0.6 is 0 Å². The molecule has 1 fully saturated rings. The molecular weight excluding hydrogens is 236 g/mol. The first-order valence-electron chi connectivity index (χ1n) is 5.99. The van der Waals surface area contributed by atoms with Crippen molar-refractivity contribution in [3.05, 3.63) is 0 Å². The number of nitrogens with zero attached hydrogens (tertiary/aromatic N) is 1. The van der Waals surface area contributed by atoms with Crippen LogP contribution in [0.2, 0.25) is 0 Å². The van der Waals surface area contributed by atoms with Gasteiger partial charge in [-0.15, -0.1) is 0 Å².